The Bertz CT molecular complexity index is 1790. The van der Waals surface area contributed by atoms with E-state index in [1.165, 1.54) is 37.5 Å². The molecule has 0 bridgehead atoms. The zero-order chi connectivity index (χ0) is 39.3. The predicted molar refractivity (Wildman–Crippen MR) is 214 cm³/mol. The van der Waals surface area contributed by atoms with Crippen molar-refractivity contribution in [2.45, 2.75) is 128 Å². The van der Waals surface area contributed by atoms with Gasteiger partial charge in [0.2, 0.25) is 0 Å². The van der Waals surface area contributed by atoms with Gasteiger partial charge < -0.3 is 29.5 Å². The highest BCUT2D eigenvalue weighted by molar-refractivity contribution is 5.71. The number of carbonyl (C=O) groups is 2. The van der Waals surface area contributed by atoms with E-state index in [4.69, 9.17) is 19.3 Å². The number of benzene rings is 2. The minimum absolute atomic E-state index is 0.00185. The van der Waals surface area contributed by atoms with Crippen molar-refractivity contribution in [3.05, 3.63) is 83.0 Å². The SMILES string of the molecule is CC#C[C@@H](CC(=O)O)c1ccc(OCC2=C[C@@]3(CCC2)CC[C@@H](O)C3)cc1.CC#C[C@@H](CC(=O)OC)c1ccc(OCC2=C[C@@]3(CCC2)CC[C@H](O)C3)cc1. The summed E-state index contributed by atoms with van der Waals surface area (Å²) in [5, 5.41) is 28.9. The molecule has 2 saturated carbocycles. The molecule has 2 aromatic rings. The first-order chi connectivity index (χ1) is 26.5. The molecule has 3 N–H and O–H groups in total. The van der Waals surface area contributed by atoms with Gasteiger partial charge in [-0.1, -0.05) is 48.3 Å². The van der Waals surface area contributed by atoms with Gasteiger partial charge in [-0.15, -0.1) is 11.8 Å². The van der Waals surface area contributed by atoms with Gasteiger partial charge in [0.15, 0.2) is 0 Å². The van der Waals surface area contributed by atoms with Crippen molar-refractivity contribution in [3.63, 3.8) is 0 Å². The van der Waals surface area contributed by atoms with Crippen molar-refractivity contribution in [1.82, 2.24) is 0 Å². The van der Waals surface area contributed by atoms with Gasteiger partial charge in [0.25, 0.3) is 0 Å². The molecule has 0 unspecified atom stereocenters. The molecule has 2 spiro atoms. The highest BCUT2D eigenvalue weighted by Crippen LogP contribution is 2.48. The molecule has 8 nitrogen and oxygen atoms in total. The number of carboxylic acids is 1. The van der Waals surface area contributed by atoms with Crippen LogP contribution in [0.15, 0.2) is 71.8 Å². The van der Waals surface area contributed by atoms with Crippen LogP contribution in [0.5, 0.6) is 11.5 Å². The molecule has 2 aromatic carbocycles. The zero-order valence-corrected chi connectivity index (χ0v) is 32.8. The minimum atomic E-state index is -0.849. The molecule has 8 heteroatoms. The van der Waals surface area contributed by atoms with Crippen LogP contribution in [0.25, 0.3) is 0 Å². The van der Waals surface area contributed by atoms with Crippen molar-refractivity contribution < 1.29 is 39.1 Å². The standard InChI is InChI=1S/C24H30O4.C23H28O4/c1-3-5-20(14-23(26)27-2)19-7-9-22(10-8-19)28-17-18-6-4-12-24(15-18)13-11-21(25)16-24;1-2-4-19(13-22(25)26)18-6-8-21(9-7-18)27-16-17-5-3-11-23(14-17)12-10-20(24)15-23/h7-10,15,20-21,25H,4,6,11-14,16-17H2,1-2H3;6-9,14,19-20,24H,3,5,10-13,15-16H2,1H3,(H,25,26)/t20-,21-,24+;19-,20+,23+/m00/s1. The Balaban J connectivity index is 0.000000211. The average Bonchev–Trinajstić information content (AvgIpc) is 3.72. The number of rotatable bonds is 12. The summed E-state index contributed by atoms with van der Waals surface area (Å²) in [5.41, 5.74) is 4.92. The lowest BCUT2D eigenvalue weighted by Crippen LogP contribution is -2.21. The van der Waals surface area contributed by atoms with E-state index in [1.54, 1.807) is 13.8 Å². The maximum Gasteiger partial charge on any atom is 0.307 e. The molecule has 0 aliphatic heterocycles. The maximum atomic E-state index is 11.6. The van der Waals surface area contributed by atoms with Crippen LogP contribution in [0, 0.1) is 34.5 Å². The molecule has 6 atom stereocenters. The monoisotopic (exact) mass is 750 g/mol. The second-order valence-electron chi connectivity index (χ2n) is 15.8. The summed E-state index contributed by atoms with van der Waals surface area (Å²) < 4.78 is 16.8. The molecular formula is C47H58O8. The van der Waals surface area contributed by atoms with Gasteiger partial charge in [0, 0.05) is 0 Å². The van der Waals surface area contributed by atoms with E-state index in [-0.39, 0.29) is 53.7 Å². The highest BCUT2D eigenvalue weighted by atomic mass is 16.5. The summed E-state index contributed by atoms with van der Waals surface area (Å²) >= 11 is 0. The topological polar surface area (TPSA) is 123 Å². The van der Waals surface area contributed by atoms with E-state index in [0.29, 0.717) is 13.2 Å². The van der Waals surface area contributed by atoms with E-state index in [0.717, 1.165) is 80.4 Å². The average molecular weight is 751 g/mol. The van der Waals surface area contributed by atoms with Crippen LogP contribution in [0.1, 0.15) is 127 Å². The van der Waals surface area contributed by atoms with E-state index < -0.39 is 5.97 Å². The summed E-state index contributed by atoms with van der Waals surface area (Å²) in [6, 6.07) is 15.4. The number of aliphatic hydroxyl groups is 2. The molecule has 6 rings (SSSR count). The quantitative estimate of drug-likeness (QED) is 0.112. The van der Waals surface area contributed by atoms with Gasteiger partial charge in [-0.2, -0.15) is 0 Å². The molecule has 55 heavy (non-hydrogen) atoms. The number of methoxy groups -OCH3 is 1. The van der Waals surface area contributed by atoms with Crippen LogP contribution in [-0.4, -0.2) is 59.8 Å². The number of allylic oxidation sites excluding steroid dienone is 2. The highest BCUT2D eigenvalue weighted by Gasteiger charge is 2.39. The fourth-order valence-corrected chi connectivity index (χ4v) is 8.91. The number of ether oxygens (including phenoxy) is 3. The van der Waals surface area contributed by atoms with Crippen molar-refractivity contribution in [1.29, 1.82) is 0 Å². The second-order valence-corrected chi connectivity index (χ2v) is 15.8. The van der Waals surface area contributed by atoms with Gasteiger partial charge in [0.05, 0.1) is 44.0 Å². The Hall–Kier alpha value is -4.50. The summed E-state index contributed by atoms with van der Waals surface area (Å²) in [6.07, 6.45) is 17.3. The first-order valence-electron chi connectivity index (χ1n) is 19.9. The number of aliphatic hydroxyl groups excluding tert-OH is 2. The predicted octanol–water partition coefficient (Wildman–Crippen LogP) is 8.67. The lowest BCUT2D eigenvalue weighted by atomic mass is 9.75. The van der Waals surface area contributed by atoms with Crippen molar-refractivity contribution in [3.8, 4) is 35.2 Å². The summed E-state index contributed by atoms with van der Waals surface area (Å²) in [7, 11) is 1.39. The number of aliphatic carboxylic acids is 1. The molecule has 4 aliphatic carbocycles. The lowest BCUT2D eigenvalue weighted by Gasteiger charge is -2.31. The van der Waals surface area contributed by atoms with Gasteiger partial charge in [-0.3, -0.25) is 9.59 Å². The second kappa shape index (κ2) is 19.9. The molecule has 0 saturated heterocycles. The molecule has 0 aromatic heterocycles. The van der Waals surface area contributed by atoms with Gasteiger partial charge in [-0.05, 0) is 148 Å². The van der Waals surface area contributed by atoms with Crippen molar-refractivity contribution in [2.75, 3.05) is 20.3 Å². The smallest absolute Gasteiger partial charge is 0.307 e. The molecule has 4 aliphatic rings. The molecule has 0 heterocycles. The maximum absolute atomic E-state index is 11.6. The largest absolute Gasteiger partial charge is 0.489 e. The fourth-order valence-electron chi connectivity index (χ4n) is 8.91. The van der Waals surface area contributed by atoms with Crippen LogP contribution in [0.4, 0.5) is 0 Å². The van der Waals surface area contributed by atoms with Gasteiger partial charge in [0.1, 0.15) is 24.7 Å². The number of hydrogen-bond donors (Lipinski definition) is 3. The van der Waals surface area contributed by atoms with Crippen LogP contribution in [0.3, 0.4) is 0 Å². The first-order valence-corrected chi connectivity index (χ1v) is 19.9. The van der Waals surface area contributed by atoms with Gasteiger partial charge in [-0.25, -0.2) is 0 Å². The Labute approximate surface area is 327 Å². The van der Waals surface area contributed by atoms with Gasteiger partial charge >= 0.3 is 11.9 Å². The fraction of sp³-hybridized carbons (Fsp3) is 0.532. The molecule has 2 fully saturated rings. The van der Waals surface area contributed by atoms with E-state index >= 15 is 0 Å². The first kappa shape index (κ1) is 41.7. The zero-order valence-electron chi connectivity index (χ0n) is 32.8. The molecular weight excluding hydrogens is 693 g/mol. The summed E-state index contributed by atoms with van der Waals surface area (Å²) in [4.78, 5) is 22.6. The normalized spacial score (nSPS) is 25.1. The number of carboxylic acid groups (broad SMARTS) is 1. The third kappa shape index (κ3) is 12.2. The third-order valence-electron chi connectivity index (χ3n) is 11.6. The Kier molecular flexibility index (Phi) is 15.1. The molecule has 294 valence electrons. The van der Waals surface area contributed by atoms with E-state index in [1.807, 2.05) is 48.5 Å². The van der Waals surface area contributed by atoms with Crippen LogP contribution >= 0.6 is 0 Å². The van der Waals surface area contributed by atoms with E-state index in [9.17, 15) is 19.8 Å². The Morgan fingerprint density at radius 1 is 0.709 bits per heavy atom. The van der Waals surface area contributed by atoms with E-state index in [2.05, 4.69) is 35.8 Å². The van der Waals surface area contributed by atoms with Crippen LogP contribution < -0.4 is 9.47 Å². The van der Waals surface area contributed by atoms with Crippen molar-refractivity contribution >= 4 is 11.9 Å². The van der Waals surface area contributed by atoms with Crippen LogP contribution in [0.2, 0.25) is 0 Å². The Morgan fingerprint density at radius 2 is 1.15 bits per heavy atom. The Morgan fingerprint density at radius 3 is 1.51 bits per heavy atom. The molecule has 0 radical (unpaired) electrons. The molecule has 0 amide bonds. The summed E-state index contributed by atoms with van der Waals surface area (Å²) in [6.45, 7) is 4.66. The summed E-state index contributed by atoms with van der Waals surface area (Å²) in [5.74, 6) is 11.8. The number of carbonyl (C=O) groups excluding carboxylic acids is 1. The van der Waals surface area contributed by atoms with Crippen molar-refractivity contribution in [2.24, 2.45) is 10.8 Å². The minimum Gasteiger partial charge on any atom is -0.489 e. The van der Waals surface area contributed by atoms with Crippen LogP contribution in [-0.2, 0) is 14.3 Å². The lowest BCUT2D eigenvalue weighted by molar-refractivity contribution is -0.141. The third-order valence-corrected chi connectivity index (χ3v) is 11.6. The number of esters is 1. The number of hydrogen-bond acceptors (Lipinski definition) is 7.